The van der Waals surface area contributed by atoms with Crippen LogP contribution < -0.4 is 16.6 Å². The van der Waals surface area contributed by atoms with E-state index in [9.17, 15) is 18.4 Å². The van der Waals surface area contributed by atoms with Crippen molar-refractivity contribution in [3.63, 3.8) is 0 Å². The Morgan fingerprint density at radius 2 is 1.77 bits per heavy atom. The second-order valence-electron chi connectivity index (χ2n) is 5.60. The van der Waals surface area contributed by atoms with Crippen molar-refractivity contribution in [1.29, 1.82) is 0 Å². The first kappa shape index (κ1) is 14.5. The molecule has 0 radical (unpaired) electrons. The fraction of sp³-hybridized carbons (Fsp3) is 0.333. The van der Waals surface area contributed by atoms with Crippen molar-refractivity contribution in [3.05, 3.63) is 62.3 Å². The molecule has 0 aliphatic heterocycles. The minimum atomic E-state index is -0.581. The Hall–Kier alpha value is -2.44. The fourth-order valence-electron chi connectivity index (χ4n) is 2.67. The van der Waals surface area contributed by atoms with Crippen LogP contribution in [-0.2, 0) is 7.05 Å². The van der Waals surface area contributed by atoms with Crippen LogP contribution in [0.1, 0.15) is 24.3 Å². The van der Waals surface area contributed by atoms with Crippen LogP contribution in [0, 0.1) is 11.6 Å². The molecule has 1 fully saturated rings. The van der Waals surface area contributed by atoms with Crippen molar-refractivity contribution >= 4 is 5.82 Å². The van der Waals surface area contributed by atoms with Gasteiger partial charge in [-0.2, -0.15) is 0 Å². The third-order valence-electron chi connectivity index (χ3n) is 4.00. The van der Waals surface area contributed by atoms with Gasteiger partial charge in [-0.05, 0) is 36.5 Å². The third-order valence-corrected chi connectivity index (χ3v) is 4.00. The summed E-state index contributed by atoms with van der Waals surface area (Å²) in [5, 5.41) is 3.06. The lowest BCUT2D eigenvalue weighted by Gasteiger charge is -2.36. The Bertz CT molecular complexity index is 771. The summed E-state index contributed by atoms with van der Waals surface area (Å²) in [5.74, 6) is -0.729. The lowest BCUT2D eigenvalue weighted by Crippen LogP contribution is -2.37. The van der Waals surface area contributed by atoms with Gasteiger partial charge < -0.3 is 5.32 Å². The van der Waals surface area contributed by atoms with Crippen LogP contribution in [0.25, 0.3) is 0 Å². The molecule has 0 atom stereocenters. The summed E-state index contributed by atoms with van der Waals surface area (Å²) in [4.78, 5) is 25.6. The Morgan fingerprint density at radius 3 is 2.36 bits per heavy atom. The zero-order valence-corrected chi connectivity index (χ0v) is 11.9. The van der Waals surface area contributed by atoms with Gasteiger partial charge in [-0.3, -0.25) is 14.3 Å². The maximum Gasteiger partial charge on any atom is 0.329 e. The van der Waals surface area contributed by atoms with Gasteiger partial charge in [0.1, 0.15) is 17.5 Å². The Labute approximate surface area is 124 Å². The number of aromatic nitrogens is 2. The minimum absolute atomic E-state index is 0.0547. The molecule has 0 spiro atoms. The van der Waals surface area contributed by atoms with E-state index in [0.717, 1.165) is 10.6 Å². The van der Waals surface area contributed by atoms with E-state index in [-0.39, 0.29) is 12.0 Å². The first-order valence-electron chi connectivity index (χ1n) is 6.95. The molecule has 116 valence electrons. The van der Waals surface area contributed by atoms with E-state index in [2.05, 4.69) is 10.3 Å². The van der Waals surface area contributed by atoms with Gasteiger partial charge in [0, 0.05) is 25.2 Å². The highest BCUT2D eigenvalue weighted by Gasteiger charge is 2.31. The zero-order chi connectivity index (χ0) is 15.9. The first-order chi connectivity index (χ1) is 10.4. The third kappa shape index (κ3) is 2.79. The fourth-order valence-corrected chi connectivity index (χ4v) is 2.67. The number of hydrogen-bond acceptors (Lipinski definition) is 3. The van der Waals surface area contributed by atoms with Gasteiger partial charge in [0.15, 0.2) is 0 Å². The predicted octanol–water partition coefficient (Wildman–Crippen LogP) is 1.71. The molecule has 7 heteroatoms. The van der Waals surface area contributed by atoms with Gasteiger partial charge in [-0.25, -0.2) is 13.6 Å². The Morgan fingerprint density at radius 1 is 1.14 bits per heavy atom. The normalized spacial score (nSPS) is 20.5. The number of benzene rings is 1. The van der Waals surface area contributed by atoms with E-state index in [1.54, 1.807) is 0 Å². The zero-order valence-electron chi connectivity index (χ0n) is 11.9. The molecule has 3 rings (SSSR count). The molecule has 0 bridgehead atoms. The van der Waals surface area contributed by atoms with Crippen molar-refractivity contribution in [2.75, 3.05) is 5.32 Å². The first-order valence-corrected chi connectivity index (χ1v) is 6.95. The highest BCUT2D eigenvalue weighted by atomic mass is 19.1. The van der Waals surface area contributed by atoms with Crippen LogP contribution in [0.2, 0.25) is 0 Å². The molecule has 1 aromatic heterocycles. The molecule has 0 unspecified atom stereocenters. The predicted molar refractivity (Wildman–Crippen MR) is 78.0 cm³/mol. The van der Waals surface area contributed by atoms with E-state index < -0.39 is 22.9 Å². The van der Waals surface area contributed by atoms with Gasteiger partial charge in [0.2, 0.25) is 0 Å². The SMILES string of the molecule is Cn1c(=O)cc(NC2CC(c3cc(F)cc(F)c3)C2)[nH]c1=O. The van der Waals surface area contributed by atoms with Crippen molar-refractivity contribution in [2.45, 2.75) is 24.8 Å². The molecule has 1 aliphatic carbocycles. The van der Waals surface area contributed by atoms with E-state index in [4.69, 9.17) is 0 Å². The largest absolute Gasteiger partial charge is 0.369 e. The minimum Gasteiger partial charge on any atom is -0.369 e. The Kier molecular flexibility index (Phi) is 3.56. The summed E-state index contributed by atoms with van der Waals surface area (Å²) in [6, 6.07) is 4.90. The van der Waals surface area contributed by atoms with Gasteiger partial charge in [0.05, 0.1) is 0 Å². The van der Waals surface area contributed by atoms with E-state index >= 15 is 0 Å². The van der Waals surface area contributed by atoms with Gasteiger partial charge >= 0.3 is 5.69 Å². The quantitative estimate of drug-likeness (QED) is 0.907. The molecule has 1 saturated carbocycles. The van der Waals surface area contributed by atoms with Crippen LogP contribution >= 0.6 is 0 Å². The average molecular weight is 307 g/mol. The molecule has 5 nitrogen and oxygen atoms in total. The smallest absolute Gasteiger partial charge is 0.329 e. The molecule has 2 aromatic rings. The Balaban J connectivity index is 1.67. The van der Waals surface area contributed by atoms with Gasteiger partial charge in [-0.1, -0.05) is 0 Å². The number of hydrogen-bond donors (Lipinski definition) is 2. The summed E-state index contributed by atoms with van der Waals surface area (Å²) in [7, 11) is 1.39. The van der Waals surface area contributed by atoms with E-state index in [0.29, 0.717) is 24.2 Å². The molecule has 0 amide bonds. The summed E-state index contributed by atoms with van der Waals surface area (Å²) in [6.45, 7) is 0. The van der Waals surface area contributed by atoms with Crippen LogP contribution in [0.5, 0.6) is 0 Å². The monoisotopic (exact) mass is 307 g/mol. The standard InChI is InChI=1S/C15H15F2N3O2/c1-20-14(21)7-13(19-15(20)22)18-12-4-9(5-12)8-2-10(16)6-11(17)3-8/h2-3,6-7,9,12,18H,4-5H2,1H3,(H,19,22). The molecular formula is C15H15F2N3O2. The van der Waals surface area contributed by atoms with Crippen LogP contribution in [0.15, 0.2) is 33.9 Å². The van der Waals surface area contributed by atoms with Crippen molar-refractivity contribution in [3.8, 4) is 0 Å². The molecule has 1 aromatic carbocycles. The van der Waals surface area contributed by atoms with Crippen LogP contribution in [0.3, 0.4) is 0 Å². The number of aromatic amines is 1. The maximum atomic E-state index is 13.2. The molecule has 1 aliphatic rings. The topological polar surface area (TPSA) is 66.9 Å². The second-order valence-corrected chi connectivity index (χ2v) is 5.60. The number of anilines is 1. The van der Waals surface area contributed by atoms with E-state index in [1.807, 2.05) is 0 Å². The summed E-state index contributed by atoms with van der Waals surface area (Å²) < 4.78 is 27.4. The van der Waals surface area contributed by atoms with Gasteiger partial charge in [0.25, 0.3) is 5.56 Å². The number of nitrogens with one attached hydrogen (secondary N) is 2. The van der Waals surface area contributed by atoms with E-state index in [1.165, 1.54) is 25.2 Å². The molecule has 0 saturated heterocycles. The number of nitrogens with zero attached hydrogens (tertiary/aromatic N) is 1. The highest BCUT2D eigenvalue weighted by molar-refractivity contribution is 5.36. The van der Waals surface area contributed by atoms with Gasteiger partial charge in [-0.15, -0.1) is 0 Å². The summed E-state index contributed by atoms with van der Waals surface area (Å²) >= 11 is 0. The lowest BCUT2D eigenvalue weighted by atomic mass is 9.76. The van der Waals surface area contributed by atoms with Crippen molar-refractivity contribution < 1.29 is 8.78 Å². The molecule has 1 heterocycles. The number of halogens is 2. The van der Waals surface area contributed by atoms with Crippen molar-refractivity contribution in [1.82, 2.24) is 9.55 Å². The van der Waals surface area contributed by atoms with Crippen LogP contribution in [0.4, 0.5) is 14.6 Å². The molecule has 2 N–H and O–H groups in total. The second kappa shape index (κ2) is 5.40. The maximum absolute atomic E-state index is 13.2. The summed E-state index contributed by atoms with van der Waals surface area (Å²) in [5.41, 5.74) is -0.250. The molecule has 22 heavy (non-hydrogen) atoms. The number of H-pyrrole nitrogens is 1. The lowest BCUT2D eigenvalue weighted by molar-refractivity contribution is 0.370. The van der Waals surface area contributed by atoms with Crippen molar-refractivity contribution in [2.24, 2.45) is 7.05 Å². The van der Waals surface area contributed by atoms with Crippen LogP contribution in [-0.4, -0.2) is 15.6 Å². The summed E-state index contributed by atoms with van der Waals surface area (Å²) in [6.07, 6.45) is 1.36. The molecular weight excluding hydrogens is 292 g/mol. The highest BCUT2D eigenvalue weighted by Crippen LogP contribution is 2.38. The number of rotatable bonds is 3. The average Bonchev–Trinajstić information content (AvgIpc) is 2.38.